The second kappa shape index (κ2) is 12.5. The summed E-state index contributed by atoms with van der Waals surface area (Å²) >= 11 is 0. The second-order valence-corrected chi connectivity index (χ2v) is 12.0. The van der Waals surface area contributed by atoms with Crippen molar-refractivity contribution in [3.63, 3.8) is 0 Å². The lowest BCUT2D eigenvalue weighted by Gasteiger charge is -2.42. The fourth-order valence-corrected chi connectivity index (χ4v) is 6.41. The zero-order valence-corrected chi connectivity index (χ0v) is 24.0. The molecule has 5 rings (SSSR count). The third kappa shape index (κ3) is 6.50. The minimum Gasteiger partial charge on any atom is -0.392 e. The molecule has 9 heteroatoms. The van der Waals surface area contributed by atoms with Crippen molar-refractivity contribution < 1.29 is 23.0 Å². The van der Waals surface area contributed by atoms with Gasteiger partial charge in [-0.2, -0.15) is 0 Å². The Labute approximate surface area is 241 Å². The van der Waals surface area contributed by atoms with Gasteiger partial charge in [0.1, 0.15) is 4.90 Å². The minimum absolute atomic E-state index is 0.0269. The normalized spacial score (nSPS) is 21.2. The molecule has 4 unspecified atom stereocenters. The van der Waals surface area contributed by atoms with E-state index in [2.05, 4.69) is 28.1 Å². The number of pyridine rings is 1. The maximum Gasteiger partial charge on any atom is 0.264 e. The third-order valence-electron chi connectivity index (χ3n) is 7.35. The van der Waals surface area contributed by atoms with Crippen molar-refractivity contribution in [1.82, 2.24) is 9.88 Å². The van der Waals surface area contributed by atoms with E-state index in [1.165, 1.54) is 0 Å². The number of aromatic nitrogens is 1. The molecule has 1 aliphatic heterocycles. The van der Waals surface area contributed by atoms with Gasteiger partial charge in [-0.25, -0.2) is 8.42 Å². The number of hydrogen-bond donors (Lipinski definition) is 2. The Morgan fingerprint density at radius 1 is 1.02 bits per heavy atom. The van der Waals surface area contributed by atoms with Crippen molar-refractivity contribution in [2.75, 3.05) is 24.9 Å². The number of ether oxygens (including phenoxy) is 2. The number of sulfonamides is 1. The molecule has 1 aliphatic rings. The first-order chi connectivity index (χ1) is 19.8. The van der Waals surface area contributed by atoms with Crippen molar-refractivity contribution in [2.45, 2.75) is 36.9 Å². The van der Waals surface area contributed by atoms with E-state index in [0.29, 0.717) is 29.9 Å². The van der Waals surface area contributed by atoms with Gasteiger partial charge in [0.2, 0.25) is 0 Å². The zero-order valence-electron chi connectivity index (χ0n) is 23.2. The molecule has 3 aromatic carbocycles. The van der Waals surface area contributed by atoms with Crippen molar-refractivity contribution in [1.29, 1.82) is 0 Å². The van der Waals surface area contributed by atoms with Crippen LogP contribution in [0.5, 0.6) is 0 Å². The monoisotopic (exact) mass is 573 g/mol. The number of para-hydroxylation sites is 1. The Kier molecular flexibility index (Phi) is 8.82. The number of nitrogens with one attached hydrogen (secondary N) is 1. The molecule has 41 heavy (non-hydrogen) atoms. The molecule has 0 saturated carbocycles. The maximum absolute atomic E-state index is 13.4. The standard InChI is InChI=1S/C32H35N3O5S/c1-4-18-35(3)20-28-22(2)31(25-15-13-23(21-36)14-16-25)40-32(39-28)26-9-5-11-27(19-26)34-41(37,38)29-12-6-8-24-10-7-17-33-30(24)29/h4-17,19,22,28,31-32,34,36H,1,18,20-21H2,2-3H3. The number of likely N-dealkylation sites (N-methyl/N-ethyl adjacent to an activating group) is 1. The summed E-state index contributed by atoms with van der Waals surface area (Å²) in [6.07, 6.45) is 2.28. The molecule has 1 aromatic heterocycles. The molecule has 2 heterocycles. The van der Waals surface area contributed by atoms with Crippen LogP contribution in [0.2, 0.25) is 0 Å². The van der Waals surface area contributed by atoms with Crippen LogP contribution in [0.15, 0.2) is 103 Å². The second-order valence-electron chi connectivity index (χ2n) is 10.4. The Morgan fingerprint density at radius 3 is 2.54 bits per heavy atom. The molecule has 2 N–H and O–H groups in total. The van der Waals surface area contributed by atoms with Gasteiger partial charge in [-0.15, -0.1) is 6.58 Å². The van der Waals surface area contributed by atoms with Gasteiger partial charge in [0.25, 0.3) is 10.0 Å². The fraction of sp³-hybridized carbons (Fsp3) is 0.281. The Hall–Kier alpha value is -3.60. The summed E-state index contributed by atoms with van der Waals surface area (Å²) in [4.78, 5) is 6.55. The van der Waals surface area contributed by atoms with Crippen LogP contribution in [0, 0.1) is 5.92 Å². The molecule has 4 atom stereocenters. The predicted octanol–water partition coefficient (Wildman–Crippen LogP) is 5.44. The van der Waals surface area contributed by atoms with Crippen LogP contribution in [0.25, 0.3) is 10.9 Å². The van der Waals surface area contributed by atoms with Crippen LogP contribution < -0.4 is 4.72 Å². The van der Waals surface area contributed by atoms with Gasteiger partial charge in [0, 0.05) is 41.8 Å². The summed E-state index contributed by atoms with van der Waals surface area (Å²) in [5.41, 5.74) is 3.31. The number of hydrogen-bond acceptors (Lipinski definition) is 7. The van der Waals surface area contributed by atoms with Gasteiger partial charge in [0.15, 0.2) is 6.29 Å². The van der Waals surface area contributed by atoms with Gasteiger partial charge in [-0.05, 0) is 42.4 Å². The number of nitrogens with zero attached hydrogens (tertiary/aromatic N) is 2. The van der Waals surface area contributed by atoms with Gasteiger partial charge in [-0.1, -0.05) is 67.6 Å². The summed E-state index contributed by atoms with van der Waals surface area (Å²) < 4.78 is 42.6. The van der Waals surface area contributed by atoms with E-state index in [1.54, 1.807) is 42.6 Å². The summed E-state index contributed by atoms with van der Waals surface area (Å²) in [7, 11) is -1.90. The highest BCUT2D eigenvalue weighted by Crippen LogP contribution is 2.42. The van der Waals surface area contributed by atoms with Crippen LogP contribution in [0.4, 0.5) is 5.69 Å². The summed E-state index contributed by atoms with van der Waals surface area (Å²) in [5, 5.41) is 10.2. The predicted molar refractivity (Wildman–Crippen MR) is 160 cm³/mol. The summed E-state index contributed by atoms with van der Waals surface area (Å²) in [5.74, 6) is 0.0269. The van der Waals surface area contributed by atoms with Gasteiger partial charge >= 0.3 is 0 Å². The Balaban J connectivity index is 1.43. The molecule has 0 spiro atoms. The van der Waals surface area contributed by atoms with Gasteiger partial charge in [0.05, 0.1) is 24.3 Å². The molecule has 8 nitrogen and oxygen atoms in total. The molecular formula is C32H35N3O5S. The number of benzene rings is 3. The average molecular weight is 574 g/mol. The van der Waals surface area contributed by atoms with Crippen LogP contribution in [-0.2, 0) is 26.1 Å². The minimum atomic E-state index is -3.92. The summed E-state index contributed by atoms with van der Waals surface area (Å²) in [6, 6.07) is 23.5. The first-order valence-corrected chi connectivity index (χ1v) is 15.0. The van der Waals surface area contributed by atoms with Gasteiger partial charge in [-0.3, -0.25) is 9.71 Å². The van der Waals surface area contributed by atoms with Crippen molar-refractivity contribution >= 4 is 26.6 Å². The van der Waals surface area contributed by atoms with Gasteiger partial charge < -0.3 is 19.5 Å². The molecule has 0 amide bonds. The van der Waals surface area contributed by atoms with E-state index >= 15 is 0 Å². The Morgan fingerprint density at radius 2 is 1.78 bits per heavy atom. The molecule has 0 aliphatic carbocycles. The molecule has 4 aromatic rings. The lowest BCUT2D eigenvalue weighted by molar-refractivity contribution is -0.275. The summed E-state index contributed by atoms with van der Waals surface area (Å²) in [6.45, 7) is 7.30. The highest BCUT2D eigenvalue weighted by Gasteiger charge is 2.38. The maximum atomic E-state index is 13.4. The smallest absolute Gasteiger partial charge is 0.264 e. The lowest BCUT2D eigenvalue weighted by atomic mass is 9.90. The van der Waals surface area contributed by atoms with Crippen LogP contribution in [-0.4, -0.2) is 49.6 Å². The topological polar surface area (TPSA) is 101 Å². The average Bonchev–Trinajstić information content (AvgIpc) is 2.98. The molecule has 214 valence electrons. The van der Waals surface area contributed by atoms with Crippen LogP contribution in [0.3, 0.4) is 0 Å². The van der Waals surface area contributed by atoms with Crippen molar-refractivity contribution in [3.05, 3.63) is 114 Å². The van der Waals surface area contributed by atoms with Crippen LogP contribution in [0.1, 0.15) is 36.0 Å². The number of anilines is 1. The van der Waals surface area contributed by atoms with E-state index in [1.807, 2.05) is 55.6 Å². The number of rotatable bonds is 10. The first kappa shape index (κ1) is 28.9. The SMILES string of the molecule is C=CCN(C)CC1OC(c2cccc(NS(=O)(=O)c3cccc4cccnc34)c2)OC(c2ccc(CO)cc2)C1C. The molecule has 0 bridgehead atoms. The van der Waals surface area contributed by atoms with E-state index in [0.717, 1.165) is 16.5 Å². The van der Waals surface area contributed by atoms with E-state index in [-0.39, 0.29) is 29.6 Å². The zero-order chi connectivity index (χ0) is 29.0. The number of fused-ring (bicyclic) bond motifs is 1. The third-order valence-corrected chi connectivity index (χ3v) is 8.76. The molecular weight excluding hydrogens is 538 g/mol. The first-order valence-electron chi connectivity index (χ1n) is 13.6. The van der Waals surface area contributed by atoms with E-state index < -0.39 is 16.3 Å². The molecule has 1 fully saturated rings. The Bertz CT molecular complexity index is 1600. The highest BCUT2D eigenvalue weighted by atomic mass is 32.2. The fourth-order valence-electron chi connectivity index (χ4n) is 5.18. The number of aliphatic hydroxyl groups excluding tert-OH is 1. The lowest BCUT2D eigenvalue weighted by Crippen LogP contribution is -2.43. The van der Waals surface area contributed by atoms with Crippen LogP contribution >= 0.6 is 0 Å². The number of aliphatic hydroxyl groups is 1. The molecule has 0 radical (unpaired) electrons. The van der Waals surface area contributed by atoms with E-state index in [4.69, 9.17) is 9.47 Å². The van der Waals surface area contributed by atoms with Crippen molar-refractivity contribution in [2.24, 2.45) is 5.92 Å². The van der Waals surface area contributed by atoms with Crippen molar-refractivity contribution in [3.8, 4) is 0 Å². The largest absolute Gasteiger partial charge is 0.392 e. The quantitative estimate of drug-likeness (QED) is 0.244. The van der Waals surface area contributed by atoms with E-state index in [9.17, 15) is 13.5 Å². The highest BCUT2D eigenvalue weighted by molar-refractivity contribution is 7.93. The molecule has 1 saturated heterocycles.